The first kappa shape index (κ1) is 16.0. The standard InChI is InChI=1S/C19H23N5O/c25-19-23-13-5-3-7-18(23)21-24(19)15-14-22-12-4-1-2-6-17(22)16-8-10-20-11-9-16/h3,5,7-11,13,17H,1-2,4,6,12,14-15H2. The third kappa shape index (κ3) is 3.35. The third-order valence-corrected chi connectivity index (χ3v) is 5.04. The summed E-state index contributed by atoms with van der Waals surface area (Å²) in [5.74, 6) is 0. The highest BCUT2D eigenvalue weighted by molar-refractivity contribution is 5.35. The largest absolute Gasteiger partial charge is 0.350 e. The summed E-state index contributed by atoms with van der Waals surface area (Å²) in [5, 5.41) is 4.45. The van der Waals surface area contributed by atoms with Gasteiger partial charge in [-0.15, -0.1) is 5.10 Å². The van der Waals surface area contributed by atoms with E-state index in [1.807, 2.05) is 30.6 Å². The Kier molecular flexibility index (Phi) is 4.61. The van der Waals surface area contributed by atoms with Crippen LogP contribution < -0.4 is 5.69 Å². The predicted molar refractivity (Wildman–Crippen MR) is 96.5 cm³/mol. The number of pyridine rings is 2. The molecule has 25 heavy (non-hydrogen) atoms. The lowest BCUT2D eigenvalue weighted by Crippen LogP contribution is -2.34. The fourth-order valence-corrected chi connectivity index (χ4v) is 3.74. The Balaban J connectivity index is 1.54. The van der Waals surface area contributed by atoms with E-state index in [0.29, 0.717) is 18.2 Å². The van der Waals surface area contributed by atoms with Gasteiger partial charge in [-0.25, -0.2) is 9.48 Å². The van der Waals surface area contributed by atoms with Crippen LogP contribution in [0.5, 0.6) is 0 Å². The summed E-state index contributed by atoms with van der Waals surface area (Å²) in [7, 11) is 0. The van der Waals surface area contributed by atoms with Crippen molar-refractivity contribution < 1.29 is 0 Å². The van der Waals surface area contributed by atoms with Gasteiger partial charge in [0.15, 0.2) is 5.65 Å². The summed E-state index contributed by atoms with van der Waals surface area (Å²) in [6, 6.07) is 10.2. The first-order valence-corrected chi connectivity index (χ1v) is 9.01. The van der Waals surface area contributed by atoms with E-state index in [9.17, 15) is 4.79 Å². The van der Waals surface area contributed by atoms with Crippen molar-refractivity contribution in [1.29, 1.82) is 0 Å². The second-order valence-corrected chi connectivity index (χ2v) is 6.62. The molecule has 6 nitrogen and oxygen atoms in total. The molecule has 3 aromatic rings. The first-order chi connectivity index (χ1) is 12.3. The monoisotopic (exact) mass is 337 g/mol. The van der Waals surface area contributed by atoms with Gasteiger partial charge in [0.25, 0.3) is 0 Å². The van der Waals surface area contributed by atoms with E-state index >= 15 is 0 Å². The highest BCUT2D eigenvalue weighted by Crippen LogP contribution is 2.29. The van der Waals surface area contributed by atoms with Gasteiger partial charge in [0.05, 0.1) is 6.54 Å². The number of hydrogen-bond acceptors (Lipinski definition) is 4. The van der Waals surface area contributed by atoms with Crippen molar-refractivity contribution in [1.82, 2.24) is 24.1 Å². The molecular formula is C19H23N5O. The molecule has 4 rings (SSSR count). The van der Waals surface area contributed by atoms with Crippen LogP contribution in [0.2, 0.25) is 0 Å². The Hall–Kier alpha value is -2.47. The zero-order chi connectivity index (χ0) is 17.1. The van der Waals surface area contributed by atoms with Crippen molar-refractivity contribution >= 4 is 5.65 Å². The van der Waals surface area contributed by atoms with Crippen LogP contribution in [-0.4, -0.2) is 37.2 Å². The van der Waals surface area contributed by atoms with Crippen LogP contribution in [0.4, 0.5) is 0 Å². The van der Waals surface area contributed by atoms with Crippen LogP contribution in [-0.2, 0) is 6.54 Å². The van der Waals surface area contributed by atoms with Gasteiger partial charge in [-0.05, 0) is 49.2 Å². The molecule has 0 saturated carbocycles. The summed E-state index contributed by atoms with van der Waals surface area (Å²) in [5.41, 5.74) is 1.96. The fourth-order valence-electron chi connectivity index (χ4n) is 3.74. The highest BCUT2D eigenvalue weighted by Gasteiger charge is 2.22. The summed E-state index contributed by atoms with van der Waals surface area (Å²) >= 11 is 0. The van der Waals surface area contributed by atoms with Crippen molar-refractivity contribution in [2.24, 2.45) is 0 Å². The van der Waals surface area contributed by atoms with Gasteiger partial charge in [0, 0.05) is 31.2 Å². The highest BCUT2D eigenvalue weighted by atomic mass is 16.2. The van der Waals surface area contributed by atoms with Gasteiger partial charge in [-0.3, -0.25) is 14.3 Å². The Bertz CT molecular complexity index is 885. The number of fused-ring (bicyclic) bond motifs is 1. The molecule has 130 valence electrons. The van der Waals surface area contributed by atoms with Gasteiger partial charge in [-0.2, -0.15) is 0 Å². The summed E-state index contributed by atoms with van der Waals surface area (Å²) in [6.45, 7) is 2.51. The van der Waals surface area contributed by atoms with Crippen LogP contribution in [0.25, 0.3) is 5.65 Å². The molecule has 3 aromatic heterocycles. The van der Waals surface area contributed by atoms with Gasteiger partial charge in [0.1, 0.15) is 0 Å². The fraction of sp³-hybridized carbons (Fsp3) is 0.421. The molecule has 0 amide bonds. The summed E-state index contributed by atoms with van der Waals surface area (Å²) in [6.07, 6.45) is 10.4. The minimum Gasteiger partial charge on any atom is -0.294 e. The molecule has 1 aliphatic heterocycles. The Labute approximate surface area is 146 Å². The maximum atomic E-state index is 12.5. The number of rotatable bonds is 4. The van der Waals surface area contributed by atoms with Crippen molar-refractivity contribution in [2.75, 3.05) is 13.1 Å². The molecule has 4 heterocycles. The van der Waals surface area contributed by atoms with E-state index in [4.69, 9.17) is 0 Å². The Morgan fingerprint density at radius 3 is 2.76 bits per heavy atom. The molecule has 0 N–H and O–H groups in total. The first-order valence-electron chi connectivity index (χ1n) is 9.01. The molecule has 0 radical (unpaired) electrons. The molecule has 1 aliphatic rings. The smallest absolute Gasteiger partial charge is 0.294 e. The lowest BCUT2D eigenvalue weighted by Gasteiger charge is -2.30. The Morgan fingerprint density at radius 1 is 1.04 bits per heavy atom. The van der Waals surface area contributed by atoms with Crippen LogP contribution in [0.1, 0.15) is 37.3 Å². The quantitative estimate of drug-likeness (QED) is 0.734. The second kappa shape index (κ2) is 7.19. The predicted octanol–water partition coefficient (Wildman–Crippen LogP) is 2.51. The number of likely N-dealkylation sites (tertiary alicyclic amines) is 1. The molecule has 1 unspecified atom stereocenters. The number of nitrogens with zero attached hydrogens (tertiary/aromatic N) is 5. The van der Waals surface area contributed by atoms with Gasteiger partial charge >= 0.3 is 5.69 Å². The van der Waals surface area contributed by atoms with Gasteiger partial charge in [-0.1, -0.05) is 18.9 Å². The molecule has 0 spiro atoms. The molecule has 1 saturated heterocycles. The van der Waals surface area contributed by atoms with Crippen LogP contribution in [0, 0.1) is 0 Å². The van der Waals surface area contributed by atoms with E-state index in [1.165, 1.54) is 24.8 Å². The maximum absolute atomic E-state index is 12.5. The SMILES string of the molecule is O=c1n(CCN2CCCCCC2c2ccncc2)nc2ccccn12. The number of aromatic nitrogens is 4. The summed E-state index contributed by atoms with van der Waals surface area (Å²) < 4.78 is 3.19. The van der Waals surface area contributed by atoms with Crippen molar-refractivity contribution in [3.63, 3.8) is 0 Å². The van der Waals surface area contributed by atoms with Crippen molar-refractivity contribution in [3.05, 3.63) is 65.0 Å². The van der Waals surface area contributed by atoms with Gasteiger partial charge < -0.3 is 0 Å². The zero-order valence-electron chi connectivity index (χ0n) is 14.3. The van der Waals surface area contributed by atoms with E-state index in [2.05, 4.69) is 27.1 Å². The van der Waals surface area contributed by atoms with E-state index in [-0.39, 0.29) is 5.69 Å². The van der Waals surface area contributed by atoms with Crippen LogP contribution in [0.3, 0.4) is 0 Å². The second-order valence-electron chi connectivity index (χ2n) is 6.62. The normalized spacial score (nSPS) is 19.1. The van der Waals surface area contributed by atoms with E-state index in [1.54, 1.807) is 15.3 Å². The topological polar surface area (TPSA) is 55.4 Å². The minimum absolute atomic E-state index is 0.0640. The van der Waals surface area contributed by atoms with Crippen LogP contribution in [0.15, 0.2) is 53.7 Å². The van der Waals surface area contributed by atoms with Gasteiger partial charge in [0.2, 0.25) is 0 Å². The molecule has 0 bridgehead atoms. The summed E-state index contributed by atoms with van der Waals surface area (Å²) in [4.78, 5) is 19.1. The third-order valence-electron chi connectivity index (χ3n) is 5.04. The average molecular weight is 337 g/mol. The lowest BCUT2D eigenvalue weighted by molar-refractivity contribution is 0.190. The lowest BCUT2D eigenvalue weighted by atomic mass is 10.0. The van der Waals surface area contributed by atoms with E-state index < -0.39 is 0 Å². The zero-order valence-corrected chi connectivity index (χ0v) is 14.3. The molecule has 0 aliphatic carbocycles. The maximum Gasteiger partial charge on any atom is 0.350 e. The molecule has 0 aromatic carbocycles. The van der Waals surface area contributed by atoms with E-state index in [0.717, 1.165) is 19.5 Å². The molecule has 1 atom stereocenters. The van der Waals surface area contributed by atoms with Crippen LogP contribution >= 0.6 is 0 Å². The number of hydrogen-bond donors (Lipinski definition) is 0. The molecule has 6 heteroatoms. The van der Waals surface area contributed by atoms with Crippen molar-refractivity contribution in [2.45, 2.75) is 38.3 Å². The Morgan fingerprint density at radius 2 is 1.92 bits per heavy atom. The van der Waals surface area contributed by atoms with Crippen molar-refractivity contribution in [3.8, 4) is 0 Å². The molecular weight excluding hydrogens is 314 g/mol. The molecule has 1 fully saturated rings. The minimum atomic E-state index is -0.0640. The average Bonchev–Trinajstić information content (AvgIpc) is 2.83.